The van der Waals surface area contributed by atoms with Crippen molar-refractivity contribution in [3.8, 4) is 0 Å². The second kappa shape index (κ2) is 19.2. The van der Waals surface area contributed by atoms with Crippen molar-refractivity contribution in [1.29, 1.82) is 0 Å². The van der Waals surface area contributed by atoms with Crippen LogP contribution < -0.4 is 20.4 Å². The number of urea groups is 2. The monoisotopic (exact) mass is 778 g/mol. The standard InChI is InChI=1S/C21H27ClN4O.C19H22Cl2N4O/c1-15-6-7-18(13-16(15)2)8-10-24-21(27)26-12-11-25(14-17(26)3)20-19(22)5-4-9-23-20;1-14-13-24(18-17(21)6-3-8-22-18)10-11-25(14)19(26)23-9-7-15-4-2-5-16(20)12-15/h4-7,9,13,17H,8,10-12,14H2,1-3H3,(H,24,27);2-6,8,12,14H,7,9-11,13H2,1H3,(H,23,26)/t17-;14-/m11/s1. The van der Waals surface area contributed by atoms with Crippen LogP contribution in [0.5, 0.6) is 0 Å². The van der Waals surface area contributed by atoms with Gasteiger partial charge in [0.15, 0.2) is 0 Å². The SMILES string of the molecule is C[C@@H]1CN(c2ncccc2Cl)CCN1C(=O)NCCc1cccc(Cl)c1.Cc1ccc(CCNC(=O)N2CCN(c3ncccc3Cl)C[C@H]2C)cc1C. The van der Waals surface area contributed by atoms with Gasteiger partial charge in [-0.15, -0.1) is 0 Å². The molecule has 4 amide bonds. The summed E-state index contributed by atoms with van der Waals surface area (Å²) in [5.41, 5.74) is 4.95. The van der Waals surface area contributed by atoms with Crippen LogP contribution in [0.2, 0.25) is 15.1 Å². The molecule has 2 aliphatic rings. The highest BCUT2D eigenvalue weighted by atomic mass is 35.5. The third-order valence-electron chi connectivity index (χ3n) is 9.69. The highest BCUT2D eigenvalue weighted by Gasteiger charge is 2.30. The molecule has 0 bridgehead atoms. The van der Waals surface area contributed by atoms with Gasteiger partial charge in [0.1, 0.15) is 11.6 Å². The van der Waals surface area contributed by atoms with E-state index in [4.69, 9.17) is 34.8 Å². The van der Waals surface area contributed by atoms with Crippen LogP contribution in [0.15, 0.2) is 79.1 Å². The first-order chi connectivity index (χ1) is 25.5. The summed E-state index contributed by atoms with van der Waals surface area (Å²) in [6.45, 7) is 13.7. The van der Waals surface area contributed by atoms with E-state index >= 15 is 0 Å². The number of pyridine rings is 2. The van der Waals surface area contributed by atoms with Crippen molar-refractivity contribution in [2.75, 3.05) is 62.2 Å². The van der Waals surface area contributed by atoms with Gasteiger partial charge in [0.2, 0.25) is 0 Å². The Morgan fingerprint density at radius 3 is 1.62 bits per heavy atom. The molecular formula is C40H49Cl3N8O2. The molecule has 2 atom stereocenters. The van der Waals surface area contributed by atoms with Crippen molar-refractivity contribution in [2.45, 2.75) is 52.6 Å². The highest BCUT2D eigenvalue weighted by molar-refractivity contribution is 6.33. The predicted molar refractivity (Wildman–Crippen MR) is 217 cm³/mol. The van der Waals surface area contributed by atoms with Gasteiger partial charge in [-0.05, 0) is 99.2 Å². The molecule has 0 saturated carbocycles. The van der Waals surface area contributed by atoms with Crippen molar-refractivity contribution >= 4 is 58.5 Å². The number of piperazine rings is 2. The summed E-state index contributed by atoms with van der Waals surface area (Å²) >= 11 is 18.5. The van der Waals surface area contributed by atoms with E-state index < -0.39 is 0 Å². The van der Waals surface area contributed by atoms with Crippen LogP contribution in [-0.4, -0.2) is 96.3 Å². The summed E-state index contributed by atoms with van der Waals surface area (Å²) in [6.07, 6.45) is 5.08. The van der Waals surface area contributed by atoms with E-state index in [-0.39, 0.29) is 24.1 Å². The number of anilines is 2. The van der Waals surface area contributed by atoms with Crippen LogP contribution in [0.4, 0.5) is 21.2 Å². The third-order valence-corrected chi connectivity index (χ3v) is 10.5. The number of rotatable bonds is 8. The molecule has 0 spiro atoms. The zero-order valence-electron chi connectivity index (χ0n) is 30.9. The van der Waals surface area contributed by atoms with E-state index in [1.807, 2.05) is 65.3 Å². The molecule has 4 aromatic rings. The smallest absolute Gasteiger partial charge is 0.317 e. The first kappa shape index (κ1) is 39.9. The Hall–Kier alpha value is -4.25. The Balaban J connectivity index is 0.000000204. The molecule has 2 aromatic heterocycles. The van der Waals surface area contributed by atoms with Gasteiger partial charge in [0.05, 0.1) is 10.0 Å². The Morgan fingerprint density at radius 1 is 0.660 bits per heavy atom. The average Bonchev–Trinajstić information content (AvgIpc) is 3.13. The number of benzene rings is 2. The summed E-state index contributed by atoms with van der Waals surface area (Å²) in [4.78, 5) is 41.9. The second-order valence-corrected chi connectivity index (χ2v) is 14.9. The number of hydrogen-bond acceptors (Lipinski definition) is 6. The van der Waals surface area contributed by atoms with Crippen molar-refractivity contribution in [1.82, 2.24) is 30.4 Å². The molecular weight excluding hydrogens is 731 g/mol. The van der Waals surface area contributed by atoms with E-state index in [9.17, 15) is 9.59 Å². The van der Waals surface area contributed by atoms with Crippen LogP contribution in [0.25, 0.3) is 0 Å². The quantitative estimate of drug-likeness (QED) is 0.191. The van der Waals surface area contributed by atoms with E-state index in [2.05, 4.69) is 69.4 Å². The van der Waals surface area contributed by atoms with Crippen molar-refractivity contribution in [3.63, 3.8) is 0 Å². The molecule has 2 saturated heterocycles. The van der Waals surface area contributed by atoms with Gasteiger partial charge in [-0.2, -0.15) is 0 Å². The summed E-state index contributed by atoms with van der Waals surface area (Å²) in [7, 11) is 0. The minimum Gasteiger partial charge on any atom is -0.352 e. The van der Waals surface area contributed by atoms with Crippen molar-refractivity contribution in [3.05, 3.63) is 116 Å². The minimum absolute atomic E-state index is 0.00176. The second-order valence-electron chi connectivity index (χ2n) is 13.6. The number of carbonyl (C=O) groups is 2. The first-order valence-corrected chi connectivity index (χ1v) is 19.2. The summed E-state index contributed by atoms with van der Waals surface area (Å²) in [6, 6.07) is 21.6. The molecule has 282 valence electrons. The van der Waals surface area contributed by atoms with Crippen LogP contribution in [0.3, 0.4) is 0 Å². The van der Waals surface area contributed by atoms with Gasteiger partial charge in [0.25, 0.3) is 0 Å². The summed E-state index contributed by atoms with van der Waals surface area (Å²) in [5, 5.41) is 8.06. The van der Waals surface area contributed by atoms with Gasteiger partial charge in [0, 0.05) is 81.9 Å². The lowest BCUT2D eigenvalue weighted by molar-refractivity contribution is 0.171. The topological polar surface area (TPSA) is 96.9 Å². The molecule has 53 heavy (non-hydrogen) atoms. The van der Waals surface area contributed by atoms with Gasteiger partial charge >= 0.3 is 12.1 Å². The Bertz CT molecular complexity index is 1850. The summed E-state index contributed by atoms with van der Waals surface area (Å²) in [5.74, 6) is 1.57. The number of carbonyl (C=O) groups excluding carboxylic acids is 2. The Morgan fingerprint density at radius 2 is 1.17 bits per heavy atom. The zero-order valence-corrected chi connectivity index (χ0v) is 33.1. The molecule has 10 nitrogen and oxygen atoms in total. The number of aromatic nitrogens is 2. The number of nitrogens with one attached hydrogen (secondary N) is 2. The van der Waals surface area contributed by atoms with Gasteiger partial charge < -0.3 is 30.2 Å². The fraction of sp³-hybridized carbons (Fsp3) is 0.400. The fourth-order valence-electron chi connectivity index (χ4n) is 6.61. The lowest BCUT2D eigenvalue weighted by atomic mass is 10.0. The number of amides is 4. The molecule has 2 aromatic carbocycles. The highest BCUT2D eigenvalue weighted by Crippen LogP contribution is 2.26. The van der Waals surface area contributed by atoms with E-state index in [1.165, 1.54) is 16.7 Å². The van der Waals surface area contributed by atoms with Crippen LogP contribution in [0.1, 0.15) is 36.1 Å². The molecule has 6 rings (SSSR count). The molecule has 2 N–H and O–H groups in total. The van der Waals surface area contributed by atoms with Crippen LogP contribution >= 0.6 is 34.8 Å². The number of aryl methyl sites for hydroxylation is 2. The molecule has 2 fully saturated rings. The average molecular weight is 780 g/mol. The third kappa shape index (κ3) is 11.1. The number of hydrogen-bond donors (Lipinski definition) is 2. The Labute approximate surface area is 328 Å². The molecule has 2 aliphatic heterocycles. The van der Waals surface area contributed by atoms with Gasteiger partial charge in [-0.3, -0.25) is 0 Å². The zero-order chi connectivity index (χ0) is 37.9. The number of halogens is 3. The molecule has 0 radical (unpaired) electrons. The molecule has 4 heterocycles. The normalized spacial score (nSPS) is 17.2. The van der Waals surface area contributed by atoms with Crippen LogP contribution in [0, 0.1) is 13.8 Å². The van der Waals surface area contributed by atoms with Crippen molar-refractivity contribution in [2.24, 2.45) is 0 Å². The maximum atomic E-state index is 12.6. The first-order valence-electron chi connectivity index (χ1n) is 18.1. The van der Waals surface area contributed by atoms with Crippen molar-refractivity contribution < 1.29 is 9.59 Å². The van der Waals surface area contributed by atoms with E-state index in [0.29, 0.717) is 54.3 Å². The maximum absolute atomic E-state index is 12.6. The molecule has 0 aliphatic carbocycles. The van der Waals surface area contributed by atoms with Gasteiger partial charge in [-0.25, -0.2) is 19.6 Å². The predicted octanol–water partition coefficient (Wildman–Crippen LogP) is 7.67. The van der Waals surface area contributed by atoms with Crippen LogP contribution in [-0.2, 0) is 12.8 Å². The lowest BCUT2D eigenvalue weighted by Crippen LogP contribution is -2.57. The minimum atomic E-state index is -0.0358. The largest absolute Gasteiger partial charge is 0.352 e. The molecule has 0 unspecified atom stereocenters. The van der Waals surface area contributed by atoms with Gasteiger partial charge in [-0.1, -0.05) is 65.1 Å². The maximum Gasteiger partial charge on any atom is 0.317 e. The lowest BCUT2D eigenvalue weighted by Gasteiger charge is -2.40. The summed E-state index contributed by atoms with van der Waals surface area (Å²) < 4.78 is 0. The molecule has 13 heteroatoms. The van der Waals surface area contributed by atoms with E-state index in [1.54, 1.807) is 12.4 Å². The number of nitrogens with zero attached hydrogens (tertiary/aromatic N) is 6. The Kier molecular flexibility index (Phi) is 14.5. The fourth-order valence-corrected chi connectivity index (χ4v) is 7.30. The van der Waals surface area contributed by atoms with E-state index in [0.717, 1.165) is 43.1 Å².